The first-order valence-electron chi connectivity index (χ1n) is 2.73. The summed E-state index contributed by atoms with van der Waals surface area (Å²) >= 11 is 0. The van der Waals surface area contributed by atoms with E-state index in [0.29, 0.717) is 25.5 Å². The summed E-state index contributed by atoms with van der Waals surface area (Å²) in [5.74, 6) is 0.384. The molecule has 0 aromatic heterocycles. The minimum absolute atomic E-state index is 0.384. The van der Waals surface area contributed by atoms with E-state index in [-0.39, 0.29) is 0 Å². The Morgan fingerprint density at radius 2 is 2.12 bits per heavy atom. The van der Waals surface area contributed by atoms with Crippen LogP contribution in [0.1, 0.15) is 0 Å². The van der Waals surface area contributed by atoms with Crippen LogP contribution in [0.5, 0.6) is 0 Å². The van der Waals surface area contributed by atoms with Crippen molar-refractivity contribution in [3.05, 3.63) is 0 Å². The van der Waals surface area contributed by atoms with Crippen molar-refractivity contribution >= 4 is 7.12 Å². The molecule has 1 aliphatic heterocycles. The molecule has 1 fully saturated rings. The van der Waals surface area contributed by atoms with E-state index in [2.05, 4.69) is 0 Å². The summed E-state index contributed by atoms with van der Waals surface area (Å²) in [6.45, 7) is 1.38. The van der Waals surface area contributed by atoms with Crippen molar-refractivity contribution in [3.63, 3.8) is 0 Å². The quantitative estimate of drug-likeness (QED) is 0.460. The SMILES string of the molecule is OB(O)CC1COC1. The lowest BCUT2D eigenvalue weighted by molar-refractivity contribution is -0.0246. The van der Waals surface area contributed by atoms with Crippen LogP contribution in [-0.4, -0.2) is 30.4 Å². The van der Waals surface area contributed by atoms with Crippen LogP contribution in [0.25, 0.3) is 0 Å². The van der Waals surface area contributed by atoms with Gasteiger partial charge in [-0.1, -0.05) is 0 Å². The monoisotopic (exact) mass is 116 g/mol. The first-order valence-corrected chi connectivity index (χ1v) is 2.73. The van der Waals surface area contributed by atoms with E-state index in [1.54, 1.807) is 0 Å². The summed E-state index contributed by atoms with van der Waals surface area (Å²) in [6.07, 6.45) is 0.458. The van der Waals surface area contributed by atoms with Gasteiger partial charge in [-0.05, 0) is 6.32 Å². The largest absolute Gasteiger partial charge is 0.451 e. The van der Waals surface area contributed by atoms with Gasteiger partial charge in [-0.15, -0.1) is 0 Å². The Hall–Kier alpha value is -0.0551. The second kappa shape index (κ2) is 2.48. The van der Waals surface area contributed by atoms with Gasteiger partial charge in [-0.25, -0.2) is 0 Å². The maximum absolute atomic E-state index is 8.39. The van der Waals surface area contributed by atoms with E-state index >= 15 is 0 Å². The molecule has 2 N–H and O–H groups in total. The van der Waals surface area contributed by atoms with Crippen LogP contribution in [0.2, 0.25) is 6.32 Å². The molecule has 4 heteroatoms. The number of ether oxygens (including phenoxy) is 1. The zero-order valence-corrected chi connectivity index (χ0v) is 4.58. The molecule has 0 aromatic rings. The molecule has 46 valence electrons. The Kier molecular flexibility index (Phi) is 1.88. The first kappa shape index (κ1) is 6.07. The molecule has 1 aliphatic rings. The molecule has 1 heterocycles. The third kappa shape index (κ3) is 1.47. The van der Waals surface area contributed by atoms with E-state index in [1.165, 1.54) is 0 Å². The fourth-order valence-electron chi connectivity index (χ4n) is 0.719. The molecule has 0 saturated carbocycles. The third-order valence-corrected chi connectivity index (χ3v) is 1.25. The highest BCUT2D eigenvalue weighted by molar-refractivity contribution is 6.41. The average Bonchev–Trinajstić information content (AvgIpc) is 1.55. The minimum atomic E-state index is -1.15. The summed E-state index contributed by atoms with van der Waals surface area (Å²) in [5, 5.41) is 16.8. The second-order valence-electron chi connectivity index (χ2n) is 2.12. The van der Waals surface area contributed by atoms with Gasteiger partial charge >= 0.3 is 7.12 Å². The van der Waals surface area contributed by atoms with Crippen molar-refractivity contribution in [2.45, 2.75) is 6.32 Å². The molecule has 3 nitrogen and oxygen atoms in total. The zero-order valence-electron chi connectivity index (χ0n) is 4.58. The van der Waals surface area contributed by atoms with Crippen LogP contribution in [0.15, 0.2) is 0 Å². The van der Waals surface area contributed by atoms with Crippen LogP contribution >= 0.6 is 0 Å². The molecule has 0 radical (unpaired) electrons. The van der Waals surface area contributed by atoms with Crippen molar-refractivity contribution in [1.29, 1.82) is 0 Å². The Labute approximate surface area is 48.4 Å². The molecular formula is C4H9BO3. The molecule has 0 amide bonds. The maximum Gasteiger partial charge on any atom is 0.451 e. The van der Waals surface area contributed by atoms with Gasteiger partial charge in [-0.3, -0.25) is 0 Å². The first-order chi connectivity index (χ1) is 3.79. The van der Waals surface area contributed by atoms with E-state index in [9.17, 15) is 0 Å². The molecule has 0 aliphatic carbocycles. The highest BCUT2D eigenvalue weighted by atomic mass is 16.5. The molecule has 1 rings (SSSR count). The molecule has 1 saturated heterocycles. The Bertz CT molecular complexity index is 71.7. The Morgan fingerprint density at radius 1 is 1.50 bits per heavy atom. The van der Waals surface area contributed by atoms with Crippen molar-refractivity contribution in [1.82, 2.24) is 0 Å². The normalized spacial score (nSPS) is 20.2. The van der Waals surface area contributed by atoms with Crippen molar-refractivity contribution < 1.29 is 14.8 Å². The fourth-order valence-corrected chi connectivity index (χ4v) is 0.719. The molecule has 0 unspecified atom stereocenters. The van der Waals surface area contributed by atoms with Crippen molar-refractivity contribution in [3.8, 4) is 0 Å². The molecule has 0 aromatic carbocycles. The van der Waals surface area contributed by atoms with E-state index in [4.69, 9.17) is 14.8 Å². The number of rotatable bonds is 2. The Morgan fingerprint density at radius 3 is 2.25 bits per heavy atom. The minimum Gasteiger partial charge on any atom is -0.427 e. The van der Waals surface area contributed by atoms with Crippen LogP contribution in [-0.2, 0) is 4.74 Å². The molecule has 8 heavy (non-hydrogen) atoms. The predicted molar refractivity (Wildman–Crippen MR) is 29.3 cm³/mol. The molecule has 0 atom stereocenters. The molecule has 0 spiro atoms. The third-order valence-electron chi connectivity index (χ3n) is 1.25. The fraction of sp³-hybridized carbons (Fsp3) is 1.00. The lowest BCUT2D eigenvalue weighted by Gasteiger charge is -2.25. The predicted octanol–water partition coefficient (Wildman–Crippen LogP) is -0.894. The molecular weight excluding hydrogens is 107 g/mol. The summed E-state index contributed by atoms with van der Waals surface area (Å²) < 4.78 is 4.81. The van der Waals surface area contributed by atoms with Gasteiger partial charge in [0.05, 0.1) is 13.2 Å². The van der Waals surface area contributed by atoms with Gasteiger partial charge in [-0.2, -0.15) is 0 Å². The topological polar surface area (TPSA) is 49.7 Å². The molecule has 0 bridgehead atoms. The van der Waals surface area contributed by atoms with E-state index in [1.807, 2.05) is 0 Å². The standard InChI is InChI=1S/C4H9BO3/c6-5(7)1-4-2-8-3-4/h4,6-7H,1-3H2. The smallest absolute Gasteiger partial charge is 0.427 e. The van der Waals surface area contributed by atoms with Gasteiger partial charge in [0.25, 0.3) is 0 Å². The summed E-state index contributed by atoms with van der Waals surface area (Å²) in [6, 6.07) is 0. The summed E-state index contributed by atoms with van der Waals surface area (Å²) in [7, 11) is -1.15. The summed E-state index contributed by atoms with van der Waals surface area (Å²) in [4.78, 5) is 0. The highest BCUT2D eigenvalue weighted by Gasteiger charge is 2.23. The van der Waals surface area contributed by atoms with Crippen LogP contribution in [0, 0.1) is 5.92 Å². The van der Waals surface area contributed by atoms with Crippen molar-refractivity contribution in [2.24, 2.45) is 5.92 Å². The lowest BCUT2D eigenvalue weighted by atomic mass is 9.78. The van der Waals surface area contributed by atoms with E-state index in [0.717, 1.165) is 0 Å². The van der Waals surface area contributed by atoms with Gasteiger partial charge in [0.1, 0.15) is 0 Å². The summed E-state index contributed by atoms with van der Waals surface area (Å²) in [5.41, 5.74) is 0. The van der Waals surface area contributed by atoms with Crippen LogP contribution in [0.3, 0.4) is 0 Å². The van der Waals surface area contributed by atoms with Crippen molar-refractivity contribution in [2.75, 3.05) is 13.2 Å². The van der Waals surface area contributed by atoms with Gasteiger partial charge in [0, 0.05) is 5.92 Å². The van der Waals surface area contributed by atoms with Crippen LogP contribution < -0.4 is 0 Å². The van der Waals surface area contributed by atoms with Crippen LogP contribution in [0.4, 0.5) is 0 Å². The van der Waals surface area contributed by atoms with Gasteiger partial charge in [0.15, 0.2) is 0 Å². The van der Waals surface area contributed by atoms with E-state index < -0.39 is 7.12 Å². The Balaban J connectivity index is 2.01. The number of hydrogen-bond acceptors (Lipinski definition) is 3. The number of hydrogen-bond donors (Lipinski definition) is 2. The second-order valence-corrected chi connectivity index (χ2v) is 2.12. The highest BCUT2D eigenvalue weighted by Crippen LogP contribution is 2.14. The maximum atomic E-state index is 8.39. The van der Waals surface area contributed by atoms with Gasteiger partial charge < -0.3 is 14.8 Å². The lowest BCUT2D eigenvalue weighted by Crippen LogP contribution is -2.31. The van der Waals surface area contributed by atoms with Gasteiger partial charge in [0.2, 0.25) is 0 Å². The zero-order chi connectivity index (χ0) is 5.98. The average molecular weight is 116 g/mol.